The zero-order valence-corrected chi connectivity index (χ0v) is 14.7. The van der Waals surface area contributed by atoms with Crippen molar-refractivity contribution in [3.63, 3.8) is 0 Å². The van der Waals surface area contributed by atoms with Gasteiger partial charge >= 0.3 is 0 Å². The van der Waals surface area contributed by atoms with Crippen LogP contribution in [0.1, 0.15) is 58.8 Å². The van der Waals surface area contributed by atoms with Crippen LogP contribution in [0, 0.1) is 40.9 Å². The van der Waals surface area contributed by atoms with Gasteiger partial charge in [-0.05, 0) is 67.8 Å². The lowest BCUT2D eigenvalue weighted by Crippen LogP contribution is -2.58. The maximum absolute atomic E-state index is 11.9. The minimum Gasteiger partial charge on any atom is -0.392 e. The van der Waals surface area contributed by atoms with Crippen molar-refractivity contribution in [3.8, 4) is 12.3 Å². The monoisotopic (exact) mass is 328 g/mol. The van der Waals surface area contributed by atoms with Crippen molar-refractivity contribution in [2.75, 3.05) is 0 Å². The lowest BCUT2D eigenvalue weighted by Gasteiger charge is -2.59. The third-order valence-electron chi connectivity index (χ3n) is 8.37. The van der Waals surface area contributed by atoms with E-state index >= 15 is 0 Å². The molecule has 4 aliphatic carbocycles. The molecule has 3 saturated carbocycles. The number of ketones is 1. The smallest absolute Gasteiger partial charge is 0.155 e. The van der Waals surface area contributed by atoms with Gasteiger partial charge in [0.05, 0.1) is 6.10 Å². The van der Waals surface area contributed by atoms with Crippen molar-refractivity contribution < 1.29 is 15.0 Å². The van der Waals surface area contributed by atoms with Crippen molar-refractivity contribution in [2.45, 2.75) is 70.5 Å². The Labute approximate surface area is 144 Å². The van der Waals surface area contributed by atoms with E-state index in [-0.39, 0.29) is 28.4 Å². The van der Waals surface area contributed by atoms with Gasteiger partial charge in [-0.15, -0.1) is 6.42 Å². The van der Waals surface area contributed by atoms with Gasteiger partial charge in [0.1, 0.15) is 5.60 Å². The van der Waals surface area contributed by atoms with Crippen LogP contribution >= 0.6 is 0 Å². The van der Waals surface area contributed by atoms with E-state index in [9.17, 15) is 15.0 Å². The lowest BCUT2D eigenvalue weighted by molar-refractivity contribution is -0.137. The fourth-order valence-corrected chi connectivity index (χ4v) is 6.78. The molecule has 0 spiro atoms. The number of aliphatic hydroxyl groups excluding tert-OH is 1. The first-order valence-corrected chi connectivity index (χ1v) is 9.37. The Bertz CT molecular complexity index is 658. The average molecular weight is 328 g/mol. The molecular formula is C21H28O3. The average Bonchev–Trinajstić information content (AvgIpc) is 2.82. The molecule has 7 atom stereocenters. The van der Waals surface area contributed by atoms with Crippen LogP contribution in [0.4, 0.5) is 0 Å². The molecule has 0 amide bonds. The molecule has 0 aromatic carbocycles. The molecular weight excluding hydrogens is 300 g/mol. The summed E-state index contributed by atoms with van der Waals surface area (Å²) in [5.74, 6) is 3.72. The van der Waals surface area contributed by atoms with E-state index in [4.69, 9.17) is 6.42 Å². The molecule has 0 bridgehead atoms. The predicted molar refractivity (Wildman–Crippen MR) is 91.9 cm³/mol. The predicted octanol–water partition coefficient (Wildman–Crippen LogP) is 2.85. The third-order valence-corrected chi connectivity index (χ3v) is 8.37. The van der Waals surface area contributed by atoms with Gasteiger partial charge in [-0.3, -0.25) is 4.79 Å². The standard InChI is InChI=1S/C21H28O3/c1-4-21(24)10-7-16-18-15(6-9-20(16,21)3)19(2)8-5-14(22)11-13(19)12-17(18)23/h1,11,15-18,23-24H,5-10,12H2,2-3H3/t15-,16-,17-,18+,19-,20-,21-/m0/s1. The summed E-state index contributed by atoms with van der Waals surface area (Å²) in [7, 11) is 0. The minimum atomic E-state index is -1.04. The molecule has 4 rings (SSSR count). The summed E-state index contributed by atoms with van der Waals surface area (Å²) < 4.78 is 0. The molecule has 0 unspecified atom stereocenters. The number of hydrogen-bond donors (Lipinski definition) is 2. The lowest BCUT2D eigenvalue weighted by atomic mass is 9.46. The van der Waals surface area contributed by atoms with Crippen LogP contribution in [0.15, 0.2) is 11.6 Å². The summed E-state index contributed by atoms with van der Waals surface area (Å²) in [5.41, 5.74) is -0.162. The molecule has 0 aromatic heterocycles. The summed E-state index contributed by atoms with van der Waals surface area (Å²) in [6.45, 7) is 4.42. The SMILES string of the molecule is C#C[C@]1(O)CC[C@H]2[C@@H]3[C@@H](O)CC4=CC(=O)CC[C@]4(C)[C@H]3CC[C@@]21C. The molecule has 3 heteroatoms. The van der Waals surface area contributed by atoms with Crippen LogP contribution in [-0.2, 0) is 4.79 Å². The summed E-state index contributed by atoms with van der Waals surface area (Å²) in [6.07, 6.45) is 12.6. The van der Waals surface area contributed by atoms with Gasteiger partial charge < -0.3 is 10.2 Å². The fourth-order valence-electron chi connectivity index (χ4n) is 6.78. The molecule has 3 nitrogen and oxygen atoms in total. The molecule has 0 saturated heterocycles. The zero-order chi connectivity index (χ0) is 17.3. The Hall–Kier alpha value is -1.11. The van der Waals surface area contributed by atoms with Gasteiger partial charge in [0.25, 0.3) is 0 Å². The second-order valence-electron chi connectivity index (χ2n) is 9.11. The van der Waals surface area contributed by atoms with E-state index in [1.807, 2.05) is 6.08 Å². The molecule has 0 aromatic rings. The number of aliphatic hydroxyl groups is 2. The third kappa shape index (κ3) is 1.85. The molecule has 0 aliphatic heterocycles. The summed E-state index contributed by atoms with van der Waals surface area (Å²) in [5, 5.41) is 22.0. The van der Waals surface area contributed by atoms with E-state index < -0.39 is 11.7 Å². The number of carbonyl (C=O) groups is 1. The highest BCUT2D eigenvalue weighted by molar-refractivity contribution is 5.91. The Balaban J connectivity index is 1.75. The van der Waals surface area contributed by atoms with Crippen LogP contribution in [-0.4, -0.2) is 27.7 Å². The quantitative estimate of drug-likeness (QED) is 0.672. The highest BCUT2D eigenvalue weighted by atomic mass is 16.3. The Morgan fingerprint density at radius 1 is 1.21 bits per heavy atom. The highest BCUT2D eigenvalue weighted by Gasteiger charge is 2.65. The molecule has 2 N–H and O–H groups in total. The van der Waals surface area contributed by atoms with Gasteiger partial charge in [-0.1, -0.05) is 25.3 Å². The normalized spacial score (nSPS) is 53.5. The van der Waals surface area contributed by atoms with E-state index in [0.717, 1.165) is 31.3 Å². The first kappa shape index (κ1) is 16.4. The Morgan fingerprint density at radius 2 is 1.92 bits per heavy atom. The van der Waals surface area contributed by atoms with E-state index in [1.54, 1.807) is 0 Å². The number of carbonyl (C=O) groups excluding carboxylic acids is 1. The topological polar surface area (TPSA) is 57.5 Å². The summed E-state index contributed by atoms with van der Waals surface area (Å²) in [6, 6.07) is 0. The Kier molecular flexibility index (Phi) is 3.38. The van der Waals surface area contributed by atoms with Crippen LogP contribution in [0.3, 0.4) is 0 Å². The number of rotatable bonds is 0. The summed E-state index contributed by atoms with van der Waals surface area (Å²) in [4.78, 5) is 11.9. The summed E-state index contributed by atoms with van der Waals surface area (Å²) >= 11 is 0. The van der Waals surface area contributed by atoms with Crippen molar-refractivity contribution >= 4 is 5.78 Å². The second kappa shape index (κ2) is 4.96. The molecule has 4 aliphatic rings. The highest BCUT2D eigenvalue weighted by Crippen LogP contribution is 2.67. The van der Waals surface area contributed by atoms with Crippen molar-refractivity contribution in [3.05, 3.63) is 11.6 Å². The fraction of sp³-hybridized carbons (Fsp3) is 0.762. The second-order valence-corrected chi connectivity index (χ2v) is 9.11. The number of fused-ring (bicyclic) bond motifs is 5. The maximum Gasteiger partial charge on any atom is 0.155 e. The van der Waals surface area contributed by atoms with Crippen LogP contribution in [0.5, 0.6) is 0 Å². The van der Waals surface area contributed by atoms with Crippen LogP contribution in [0.25, 0.3) is 0 Å². The van der Waals surface area contributed by atoms with Crippen LogP contribution in [0.2, 0.25) is 0 Å². The van der Waals surface area contributed by atoms with Crippen molar-refractivity contribution in [2.24, 2.45) is 28.6 Å². The largest absolute Gasteiger partial charge is 0.392 e. The van der Waals surface area contributed by atoms with E-state index in [0.29, 0.717) is 25.2 Å². The van der Waals surface area contributed by atoms with Crippen LogP contribution < -0.4 is 0 Å². The van der Waals surface area contributed by atoms with Crippen molar-refractivity contribution in [1.29, 1.82) is 0 Å². The Morgan fingerprint density at radius 3 is 2.62 bits per heavy atom. The first-order valence-electron chi connectivity index (χ1n) is 9.37. The molecule has 0 heterocycles. The maximum atomic E-state index is 11.9. The van der Waals surface area contributed by atoms with Gasteiger partial charge in [-0.2, -0.15) is 0 Å². The van der Waals surface area contributed by atoms with Gasteiger partial charge in [0, 0.05) is 11.8 Å². The van der Waals surface area contributed by atoms with Gasteiger partial charge in [0.15, 0.2) is 5.78 Å². The number of hydrogen-bond acceptors (Lipinski definition) is 3. The van der Waals surface area contributed by atoms with Gasteiger partial charge in [0.2, 0.25) is 0 Å². The van der Waals surface area contributed by atoms with E-state index in [1.165, 1.54) is 0 Å². The van der Waals surface area contributed by atoms with E-state index in [2.05, 4.69) is 19.8 Å². The first-order chi connectivity index (χ1) is 11.2. The van der Waals surface area contributed by atoms with Crippen molar-refractivity contribution in [1.82, 2.24) is 0 Å². The molecule has 24 heavy (non-hydrogen) atoms. The number of terminal acetylenes is 1. The minimum absolute atomic E-state index is 0.0238. The zero-order valence-electron chi connectivity index (χ0n) is 14.7. The van der Waals surface area contributed by atoms with Gasteiger partial charge in [-0.25, -0.2) is 0 Å². The molecule has 3 fully saturated rings. The molecule has 130 valence electrons. The molecule has 0 radical (unpaired) electrons.